The normalized spacial score (nSPS) is 12.7. The van der Waals surface area contributed by atoms with Crippen molar-refractivity contribution >= 4 is 10.9 Å². The number of alkyl halides is 3. The van der Waals surface area contributed by atoms with E-state index in [1.165, 1.54) is 16.7 Å². The molecule has 1 unspecified atom stereocenters. The van der Waals surface area contributed by atoms with Gasteiger partial charge in [0.2, 0.25) is 5.88 Å². The number of aromatic nitrogens is 3. The first kappa shape index (κ1) is 24.2. The molecule has 0 aliphatic rings. The van der Waals surface area contributed by atoms with Gasteiger partial charge in [-0.15, -0.1) is 0 Å². The van der Waals surface area contributed by atoms with Crippen LogP contribution in [0.2, 0.25) is 0 Å². The van der Waals surface area contributed by atoms with E-state index in [0.717, 1.165) is 30.7 Å². The molecule has 35 heavy (non-hydrogen) atoms. The van der Waals surface area contributed by atoms with Crippen LogP contribution >= 0.6 is 0 Å². The second-order valence-corrected chi connectivity index (χ2v) is 7.40. The maximum Gasteiger partial charge on any atom is 0.421 e. The lowest BCUT2D eigenvalue weighted by Crippen LogP contribution is -2.20. The summed E-state index contributed by atoms with van der Waals surface area (Å²) in [6.07, 6.45) is -2.85. The predicted octanol–water partition coefficient (Wildman–Crippen LogP) is 4.99. The summed E-state index contributed by atoms with van der Waals surface area (Å²) in [7, 11) is 0. The third kappa shape index (κ3) is 4.83. The van der Waals surface area contributed by atoms with Crippen LogP contribution in [-0.4, -0.2) is 26.2 Å². The Hall–Kier alpha value is -3.93. The summed E-state index contributed by atoms with van der Waals surface area (Å²) in [5.74, 6) is -4.46. The molecule has 0 aliphatic carbocycles. The average molecular weight is 495 g/mol. The number of hydrogen-bond donors (Lipinski definition) is 1. The third-order valence-corrected chi connectivity index (χ3v) is 5.18. The minimum absolute atomic E-state index is 0.0935. The second kappa shape index (κ2) is 9.37. The van der Waals surface area contributed by atoms with Gasteiger partial charge in [0.05, 0.1) is 23.3 Å². The van der Waals surface area contributed by atoms with Crippen LogP contribution in [0, 0.1) is 17.5 Å². The minimum Gasteiger partial charge on any atom is -0.438 e. The average Bonchev–Trinajstić information content (AvgIpc) is 2.78. The van der Waals surface area contributed by atoms with Crippen molar-refractivity contribution in [3.05, 3.63) is 93.9 Å². The smallest absolute Gasteiger partial charge is 0.421 e. The minimum atomic E-state index is -4.74. The number of nitrogens with zero attached hydrogens (tertiary/aromatic N) is 3. The molecular formula is C23H15F6N3O3. The monoisotopic (exact) mass is 495 g/mol. The molecule has 0 amide bonds. The highest BCUT2D eigenvalue weighted by atomic mass is 19.4. The van der Waals surface area contributed by atoms with Gasteiger partial charge in [-0.3, -0.25) is 4.79 Å². The van der Waals surface area contributed by atoms with E-state index in [0.29, 0.717) is 12.1 Å². The maximum atomic E-state index is 14.5. The lowest BCUT2D eigenvalue weighted by atomic mass is 10.0. The number of aliphatic hydroxyl groups is 1. The quantitative estimate of drug-likeness (QED) is 0.382. The lowest BCUT2D eigenvalue weighted by molar-refractivity contribution is -0.138. The van der Waals surface area contributed by atoms with Crippen LogP contribution in [-0.2, 0) is 6.18 Å². The molecule has 182 valence electrons. The number of hydrogen-bond acceptors (Lipinski definition) is 5. The van der Waals surface area contributed by atoms with Crippen molar-refractivity contribution in [2.24, 2.45) is 0 Å². The van der Waals surface area contributed by atoms with Gasteiger partial charge < -0.3 is 14.4 Å². The van der Waals surface area contributed by atoms with Crippen LogP contribution in [0.3, 0.4) is 0 Å². The summed E-state index contributed by atoms with van der Waals surface area (Å²) >= 11 is 0. The van der Waals surface area contributed by atoms with E-state index in [1.807, 2.05) is 0 Å². The second-order valence-electron chi connectivity index (χ2n) is 7.40. The number of benzene rings is 2. The summed E-state index contributed by atoms with van der Waals surface area (Å²) < 4.78 is 88.7. The zero-order chi connectivity index (χ0) is 25.3. The first-order valence-electron chi connectivity index (χ1n) is 10.1. The highest BCUT2D eigenvalue weighted by Crippen LogP contribution is 2.37. The Kier molecular flexibility index (Phi) is 6.48. The number of fused-ring (bicyclic) bond motifs is 1. The number of pyridine rings is 1. The van der Waals surface area contributed by atoms with Crippen molar-refractivity contribution in [1.29, 1.82) is 0 Å². The van der Waals surface area contributed by atoms with Crippen LogP contribution in [0.4, 0.5) is 26.3 Å². The van der Waals surface area contributed by atoms with Crippen molar-refractivity contribution in [3.8, 4) is 11.6 Å². The van der Waals surface area contributed by atoms with Gasteiger partial charge in [-0.25, -0.2) is 18.2 Å². The lowest BCUT2D eigenvalue weighted by Gasteiger charge is -2.23. The predicted molar refractivity (Wildman–Crippen MR) is 111 cm³/mol. The molecule has 0 fully saturated rings. The van der Waals surface area contributed by atoms with Crippen molar-refractivity contribution in [1.82, 2.24) is 14.5 Å². The molecule has 0 spiro atoms. The van der Waals surface area contributed by atoms with Crippen molar-refractivity contribution in [2.75, 3.05) is 6.61 Å². The van der Waals surface area contributed by atoms with Gasteiger partial charge in [0, 0.05) is 30.5 Å². The maximum absolute atomic E-state index is 14.5. The molecule has 1 N–H and O–H groups in total. The molecule has 0 saturated carbocycles. The van der Waals surface area contributed by atoms with Crippen LogP contribution in [0.1, 0.15) is 23.6 Å². The molecule has 6 nitrogen and oxygen atoms in total. The van der Waals surface area contributed by atoms with Gasteiger partial charge in [0.15, 0.2) is 0 Å². The van der Waals surface area contributed by atoms with E-state index in [4.69, 9.17) is 4.74 Å². The number of rotatable bonds is 6. The number of aliphatic hydroxyl groups excluding tert-OH is 1. The molecule has 2 aromatic heterocycles. The first-order chi connectivity index (χ1) is 16.6. The Morgan fingerprint density at radius 1 is 1.03 bits per heavy atom. The Labute approximate surface area is 193 Å². The van der Waals surface area contributed by atoms with Gasteiger partial charge >= 0.3 is 6.18 Å². The van der Waals surface area contributed by atoms with Crippen LogP contribution < -0.4 is 10.3 Å². The summed E-state index contributed by atoms with van der Waals surface area (Å²) in [5, 5.41) is 9.35. The highest BCUT2D eigenvalue weighted by Gasteiger charge is 2.35. The first-order valence-corrected chi connectivity index (χ1v) is 10.1. The number of ether oxygens (including phenoxy) is 1. The van der Waals surface area contributed by atoms with Crippen molar-refractivity contribution in [2.45, 2.75) is 18.6 Å². The largest absolute Gasteiger partial charge is 0.438 e. The molecule has 0 radical (unpaired) electrons. The summed E-state index contributed by atoms with van der Waals surface area (Å²) in [6.45, 7) is -0.518. The molecule has 1 atom stereocenters. The zero-order valence-corrected chi connectivity index (χ0v) is 17.6. The molecule has 0 bridgehead atoms. The van der Waals surface area contributed by atoms with Crippen LogP contribution in [0.25, 0.3) is 10.9 Å². The van der Waals surface area contributed by atoms with Crippen LogP contribution in [0.15, 0.2) is 59.8 Å². The summed E-state index contributed by atoms with van der Waals surface area (Å²) in [4.78, 5) is 19.7. The van der Waals surface area contributed by atoms with Gasteiger partial charge in [-0.1, -0.05) is 0 Å². The molecule has 2 aromatic carbocycles. The molecule has 4 rings (SSSR count). The summed E-state index contributed by atoms with van der Waals surface area (Å²) in [6, 6.07) is 5.25. The Bertz CT molecular complexity index is 1430. The van der Waals surface area contributed by atoms with E-state index < -0.39 is 58.8 Å². The number of halogens is 6. The van der Waals surface area contributed by atoms with Crippen LogP contribution in [0.5, 0.6) is 11.6 Å². The standard InChI is InChI=1S/C23H15F6N3O3/c24-12-8-16(25)20(17(26)9-12)19(5-7-33)32-11-31-21(34)14-10-13(3-4-18(14)32)35-22-15(23(27,28)29)2-1-6-30-22/h1-4,6,8-11,19,33H,5,7H2. The zero-order valence-electron chi connectivity index (χ0n) is 17.6. The van der Waals surface area contributed by atoms with Gasteiger partial charge in [0.25, 0.3) is 5.56 Å². The van der Waals surface area contributed by atoms with E-state index in [9.17, 15) is 36.2 Å². The third-order valence-electron chi connectivity index (χ3n) is 5.18. The Morgan fingerprint density at radius 2 is 1.74 bits per heavy atom. The summed E-state index contributed by atoms with van der Waals surface area (Å²) in [5.41, 5.74) is -2.39. The van der Waals surface area contributed by atoms with Gasteiger partial charge in [-0.2, -0.15) is 18.2 Å². The van der Waals surface area contributed by atoms with Gasteiger partial charge in [0.1, 0.15) is 28.8 Å². The van der Waals surface area contributed by atoms with E-state index in [-0.39, 0.29) is 23.1 Å². The van der Waals surface area contributed by atoms with E-state index in [2.05, 4.69) is 9.97 Å². The Morgan fingerprint density at radius 3 is 2.40 bits per heavy atom. The molecule has 12 heteroatoms. The Balaban J connectivity index is 1.83. The fraction of sp³-hybridized carbons (Fsp3) is 0.174. The van der Waals surface area contributed by atoms with Crippen molar-refractivity contribution in [3.63, 3.8) is 0 Å². The van der Waals surface area contributed by atoms with E-state index >= 15 is 0 Å². The molecule has 0 saturated heterocycles. The topological polar surface area (TPSA) is 77.2 Å². The molecule has 0 aliphatic heterocycles. The van der Waals surface area contributed by atoms with Gasteiger partial charge in [-0.05, 0) is 36.8 Å². The van der Waals surface area contributed by atoms with Crippen molar-refractivity contribution < 1.29 is 36.2 Å². The molecular weight excluding hydrogens is 480 g/mol. The SMILES string of the molecule is O=c1ncn(C(CCO)c2c(F)cc(F)cc2F)c2ccc(Oc3ncccc3C(F)(F)F)cc12. The molecule has 2 heterocycles. The molecule has 4 aromatic rings. The highest BCUT2D eigenvalue weighted by molar-refractivity contribution is 5.80. The fourth-order valence-corrected chi connectivity index (χ4v) is 3.69. The van der Waals surface area contributed by atoms with E-state index in [1.54, 1.807) is 0 Å². The fourth-order valence-electron chi connectivity index (χ4n) is 3.69.